The summed E-state index contributed by atoms with van der Waals surface area (Å²) in [4.78, 5) is 25.5. The van der Waals surface area contributed by atoms with E-state index >= 15 is 0 Å². The van der Waals surface area contributed by atoms with Gasteiger partial charge in [-0.2, -0.15) is 0 Å². The molecule has 2 aromatic rings. The van der Waals surface area contributed by atoms with Gasteiger partial charge in [-0.05, 0) is 32.9 Å². The number of nitrogens with one attached hydrogen (secondary N) is 2. The molecule has 0 saturated heterocycles. The van der Waals surface area contributed by atoms with Crippen LogP contribution in [0.4, 0.5) is 4.39 Å². The summed E-state index contributed by atoms with van der Waals surface area (Å²) >= 11 is 1.23. The summed E-state index contributed by atoms with van der Waals surface area (Å²) in [5, 5.41) is 3.28. The predicted molar refractivity (Wildman–Crippen MR) is 96.5 cm³/mol. The van der Waals surface area contributed by atoms with Crippen molar-refractivity contribution in [1.82, 2.24) is 5.32 Å². The van der Waals surface area contributed by atoms with E-state index in [0.29, 0.717) is 27.1 Å². The van der Waals surface area contributed by atoms with Gasteiger partial charge in [0.05, 0.1) is 13.7 Å². The lowest BCUT2D eigenvalue weighted by molar-refractivity contribution is -0.885. The summed E-state index contributed by atoms with van der Waals surface area (Å²) < 4.78 is 20.2. The molecular weight excluding hydrogens is 343 g/mol. The molecule has 1 amide bonds. The summed E-state index contributed by atoms with van der Waals surface area (Å²) in [6.45, 7) is 6.39. The molecule has 25 heavy (non-hydrogen) atoms. The van der Waals surface area contributed by atoms with Gasteiger partial charge < -0.3 is 15.0 Å². The molecule has 136 valence electrons. The maximum Gasteiger partial charge on any atom is 0.348 e. The van der Waals surface area contributed by atoms with Crippen molar-refractivity contribution in [3.8, 4) is 0 Å². The van der Waals surface area contributed by atoms with E-state index in [1.54, 1.807) is 19.1 Å². The van der Waals surface area contributed by atoms with Gasteiger partial charge in [-0.15, -0.1) is 11.3 Å². The SMILES string of the molecule is CCOC(=O)c1sc2cccc(F)c2c1C[NH+](C)CC(=O)NC(C)C. The van der Waals surface area contributed by atoms with Gasteiger partial charge in [0.15, 0.2) is 6.54 Å². The summed E-state index contributed by atoms with van der Waals surface area (Å²) in [5.74, 6) is -0.888. The first-order valence-electron chi connectivity index (χ1n) is 8.31. The lowest BCUT2D eigenvalue weighted by Gasteiger charge is -2.15. The maximum absolute atomic E-state index is 14.4. The molecule has 7 heteroatoms. The average Bonchev–Trinajstić information content (AvgIpc) is 2.86. The van der Waals surface area contributed by atoms with Crippen LogP contribution in [0.15, 0.2) is 18.2 Å². The van der Waals surface area contributed by atoms with Crippen molar-refractivity contribution in [3.63, 3.8) is 0 Å². The Labute approximate surface area is 150 Å². The number of rotatable bonds is 7. The van der Waals surface area contributed by atoms with Crippen molar-refractivity contribution >= 4 is 33.3 Å². The Kier molecular flexibility index (Phi) is 6.50. The Hall–Kier alpha value is -1.99. The third kappa shape index (κ3) is 4.76. The van der Waals surface area contributed by atoms with E-state index in [4.69, 9.17) is 4.74 Å². The number of hydrogen-bond donors (Lipinski definition) is 2. The van der Waals surface area contributed by atoms with E-state index in [9.17, 15) is 14.0 Å². The summed E-state index contributed by atoms with van der Waals surface area (Å²) in [7, 11) is 1.85. The Bertz CT molecular complexity index is 773. The molecule has 2 rings (SSSR count). The fourth-order valence-electron chi connectivity index (χ4n) is 2.71. The smallest absolute Gasteiger partial charge is 0.348 e. The molecule has 1 heterocycles. The van der Waals surface area contributed by atoms with Crippen LogP contribution < -0.4 is 10.2 Å². The number of thiophene rings is 1. The minimum Gasteiger partial charge on any atom is -0.462 e. The molecule has 0 bridgehead atoms. The van der Waals surface area contributed by atoms with Crippen LogP contribution in [-0.4, -0.2) is 38.1 Å². The molecule has 1 aromatic carbocycles. The Morgan fingerprint density at radius 1 is 1.36 bits per heavy atom. The number of esters is 1. The van der Waals surface area contributed by atoms with E-state index in [1.165, 1.54) is 17.4 Å². The van der Waals surface area contributed by atoms with Crippen molar-refractivity contribution in [1.29, 1.82) is 0 Å². The summed E-state index contributed by atoms with van der Waals surface area (Å²) in [6, 6.07) is 4.86. The molecule has 0 aliphatic carbocycles. The third-order valence-corrected chi connectivity index (χ3v) is 4.79. The van der Waals surface area contributed by atoms with Gasteiger partial charge in [0.2, 0.25) is 0 Å². The zero-order valence-corrected chi connectivity index (χ0v) is 15.8. The summed E-state index contributed by atoms with van der Waals surface area (Å²) in [6.07, 6.45) is 0. The minimum atomic E-state index is -0.447. The Morgan fingerprint density at radius 3 is 2.72 bits per heavy atom. The van der Waals surface area contributed by atoms with Crippen LogP contribution in [-0.2, 0) is 16.1 Å². The van der Waals surface area contributed by atoms with Crippen LogP contribution in [0.2, 0.25) is 0 Å². The van der Waals surface area contributed by atoms with E-state index in [0.717, 1.165) is 4.90 Å². The second-order valence-corrected chi connectivity index (χ2v) is 7.33. The van der Waals surface area contributed by atoms with Crippen LogP contribution >= 0.6 is 11.3 Å². The van der Waals surface area contributed by atoms with Gasteiger partial charge in [-0.1, -0.05) is 6.07 Å². The number of hydrogen-bond acceptors (Lipinski definition) is 4. The van der Waals surface area contributed by atoms with Crippen molar-refractivity contribution in [2.24, 2.45) is 0 Å². The highest BCUT2D eigenvalue weighted by Crippen LogP contribution is 2.33. The highest BCUT2D eigenvalue weighted by Gasteiger charge is 2.24. The van der Waals surface area contributed by atoms with Gasteiger partial charge in [-0.25, -0.2) is 9.18 Å². The Morgan fingerprint density at radius 2 is 2.08 bits per heavy atom. The average molecular weight is 367 g/mol. The van der Waals surface area contributed by atoms with E-state index in [-0.39, 0.29) is 30.9 Å². The number of carbonyl (C=O) groups excluding carboxylic acids is 2. The number of quaternary nitrogens is 1. The number of fused-ring (bicyclic) bond motifs is 1. The lowest BCUT2D eigenvalue weighted by Crippen LogP contribution is -3.09. The quantitative estimate of drug-likeness (QED) is 0.733. The summed E-state index contributed by atoms with van der Waals surface area (Å²) in [5.41, 5.74) is 0.603. The zero-order valence-electron chi connectivity index (χ0n) is 14.9. The number of halogens is 1. The zero-order chi connectivity index (χ0) is 18.6. The Balaban J connectivity index is 2.32. The molecular formula is C18H24FN2O3S+. The largest absolute Gasteiger partial charge is 0.462 e. The molecule has 0 fully saturated rings. The van der Waals surface area contributed by atoms with Crippen LogP contribution in [0.1, 0.15) is 36.0 Å². The molecule has 1 aromatic heterocycles. The monoisotopic (exact) mass is 367 g/mol. The molecule has 0 radical (unpaired) electrons. The minimum absolute atomic E-state index is 0.0646. The predicted octanol–water partition coefficient (Wildman–Crippen LogP) is 1.76. The second-order valence-electron chi connectivity index (χ2n) is 6.28. The van der Waals surface area contributed by atoms with Crippen LogP contribution in [0.5, 0.6) is 0 Å². The van der Waals surface area contributed by atoms with Crippen molar-refractivity contribution < 1.29 is 23.6 Å². The standard InChI is InChI=1S/C18H23FN2O3S/c1-5-24-18(23)17-12(9-21(4)10-15(22)20-11(2)3)16-13(19)7-6-8-14(16)25-17/h6-8,11H,5,9-10H2,1-4H3,(H,20,22)/p+1. The first-order chi connectivity index (χ1) is 11.8. The van der Waals surface area contributed by atoms with E-state index in [1.807, 2.05) is 20.9 Å². The number of carbonyl (C=O) groups is 2. The normalized spacial score (nSPS) is 12.4. The van der Waals surface area contributed by atoms with Gasteiger partial charge in [0.1, 0.15) is 17.2 Å². The number of ether oxygens (including phenoxy) is 1. The molecule has 1 unspecified atom stereocenters. The lowest BCUT2D eigenvalue weighted by atomic mass is 10.1. The highest BCUT2D eigenvalue weighted by molar-refractivity contribution is 7.21. The van der Waals surface area contributed by atoms with Gasteiger partial charge in [-0.3, -0.25) is 4.79 Å². The van der Waals surface area contributed by atoms with Gasteiger partial charge in [0, 0.05) is 21.7 Å². The fourth-order valence-corrected chi connectivity index (χ4v) is 3.84. The molecule has 0 aliphatic heterocycles. The first kappa shape index (κ1) is 19.3. The third-order valence-electron chi connectivity index (χ3n) is 3.61. The molecule has 0 saturated carbocycles. The van der Waals surface area contributed by atoms with Crippen molar-refractivity contribution in [2.75, 3.05) is 20.2 Å². The van der Waals surface area contributed by atoms with E-state index in [2.05, 4.69) is 5.32 Å². The van der Waals surface area contributed by atoms with Crippen LogP contribution in [0, 0.1) is 5.82 Å². The van der Waals surface area contributed by atoms with Crippen molar-refractivity contribution in [2.45, 2.75) is 33.4 Å². The van der Waals surface area contributed by atoms with Gasteiger partial charge >= 0.3 is 5.97 Å². The van der Waals surface area contributed by atoms with Crippen LogP contribution in [0.25, 0.3) is 10.1 Å². The van der Waals surface area contributed by atoms with Crippen LogP contribution in [0.3, 0.4) is 0 Å². The van der Waals surface area contributed by atoms with Gasteiger partial charge in [0.25, 0.3) is 5.91 Å². The number of likely N-dealkylation sites (N-methyl/N-ethyl adjacent to an activating group) is 1. The molecule has 0 spiro atoms. The molecule has 2 N–H and O–H groups in total. The number of benzene rings is 1. The number of amides is 1. The van der Waals surface area contributed by atoms with E-state index < -0.39 is 5.97 Å². The van der Waals surface area contributed by atoms with Crippen molar-refractivity contribution in [3.05, 3.63) is 34.5 Å². The molecule has 1 atom stereocenters. The highest BCUT2D eigenvalue weighted by atomic mass is 32.1. The molecule has 0 aliphatic rings. The molecule has 5 nitrogen and oxygen atoms in total. The second kappa shape index (κ2) is 8.40. The maximum atomic E-state index is 14.4. The topological polar surface area (TPSA) is 59.8 Å². The fraction of sp³-hybridized carbons (Fsp3) is 0.444. The first-order valence-corrected chi connectivity index (χ1v) is 9.12.